The lowest BCUT2D eigenvalue weighted by Gasteiger charge is -2.11. The first-order valence-corrected chi connectivity index (χ1v) is 7.48. The van der Waals surface area contributed by atoms with Crippen molar-refractivity contribution in [3.63, 3.8) is 0 Å². The molecule has 1 aromatic rings. The SMILES string of the molecule is CC(C)C1CSC(Nc2ccc(C(F)(F)F)cc2Cl)=N1. The molecular weight excluding hydrogens is 309 g/mol. The van der Waals surface area contributed by atoms with Crippen molar-refractivity contribution in [3.05, 3.63) is 28.8 Å². The van der Waals surface area contributed by atoms with Gasteiger partial charge < -0.3 is 5.32 Å². The largest absolute Gasteiger partial charge is 0.416 e. The summed E-state index contributed by atoms with van der Waals surface area (Å²) in [5.74, 6) is 1.31. The lowest BCUT2D eigenvalue weighted by atomic mass is 10.1. The van der Waals surface area contributed by atoms with E-state index in [1.165, 1.54) is 6.07 Å². The highest BCUT2D eigenvalue weighted by Gasteiger charge is 2.31. The maximum Gasteiger partial charge on any atom is 0.416 e. The first-order valence-electron chi connectivity index (χ1n) is 6.11. The Balaban J connectivity index is 2.13. The minimum absolute atomic E-state index is 0.0381. The van der Waals surface area contributed by atoms with Crippen LogP contribution in [0.3, 0.4) is 0 Å². The fourth-order valence-corrected chi connectivity index (χ4v) is 3.12. The average Bonchev–Trinajstić information content (AvgIpc) is 2.79. The number of rotatable bonds is 2. The molecule has 1 heterocycles. The zero-order valence-corrected chi connectivity index (χ0v) is 12.5. The Labute approximate surface area is 124 Å². The van der Waals surface area contributed by atoms with E-state index in [0.29, 0.717) is 16.8 Å². The first-order chi connectivity index (χ1) is 9.27. The van der Waals surface area contributed by atoms with Crippen LogP contribution >= 0.6 is 23.4 Å². The lowest BCUT2D eigenvalue weighted by molar-refractivity contribution is -0.137. The Morgan fingerprint density at radius 2 is 2.10 bits per heavy atom. The molecule has 0 aliphatic carbocycles. The van der Waals surface area contributed by atoms with Crippen molar-refractivity contribution in [1.29, 1.82) is 0 Å². The molecule has 20 heavy (non-hydrogen) atoms. The smallest absolute Gasteiger partial charge is 0.334 e. The normalized spacial score (nSPS) is 19.4. The van der Waals surface area contributed by atoms with Crippen molar-refractivity contribution in [2.45, 2.75) is 26.1 Å². The van der Waals surface area contributed by atoms with Gasteiger partial charge in [-0.1, -0.05) is 37.2 Å². The molecule has 1 aromatic carbocycles. The van der Waals surface area contributed by atoms with Gasteiger partial charge in [0.1, 0.15) is 0 Å². The summed E-state index contributed by atoms with van der Waals surface area (Å²) in [7, 11) is 0. The molecule has 110 valence electrons. The summed E-state index contributed by atoms with van der Waals surface area (Å²) >= 11 is 7.44. The van der Waals surface area contributed by atoms with Gasteiger partial charge in [-0.2, -0.15) is 13.2 Å². The summed E-state index contributed by atoms with van der Waals surface area (Å²) in [5.41, 5.74) is -0.315. The van der Waals surface area contributed by atoms with Crippen LogP contribution in [0.5, 0.6) is 0 Å². The van der Waals surface area contributed by atoms with Crippen LogP contribution in [0.1, 0.15) is 19.4 Å². The van der Waals surface area contributed by atoms with Crippen LogP contribution in [-0.2, 0) is 6.18 Å². The molecule has 0 fully saturated rings. The predicted molar refractivity (Wildman–Crippen MR) is 78.6 cm³/mol. The Morgan fingerprint density at radius 1 is 1.40 bits per heavy atom. The van der Waals surface area contributed by atoms with Crippen LogP contribution in [0.25, 0.3) is 0 Å². The molecule has 0 spiro atoms. The van der Waals surface area contributed by atoms with Gasteiger partial charge >= 0.3 is 6.18 Å². The molecular formula is C13H14ClF3N2S. The third-order valence-electron chi connectivity index (χ3n) is 2.98. The molecule has 0 bridgehead atoms. The van der Waals surface area contributed by atoms with E-state index in [4.69, 9.17) is 11.6 Å². The Morgan fingerprint density at radius 3 is 2.60 bits per heavy atom. The lowest BCUT2D eigenvalue weighted by Crippen LogP contribution is -2.12. The van der Waals surface area contributed by atoms with Crippen LogP contribution in [0.15, 0.2) is 23.2 Å². The summed E-state index contributed by atoms with van der Waals surface area (Å²) in [4.78, 5) is 4.48. The topological polar surface area (TPSA) is 24.4 Å². The van der Waals surface area contributed by atoms with Gasteiger partial charge in [0.25, 0.3) is 0 Å². The highest BCUT2D eigenvalue weighted by molar-refractivity contribution is 8.14. The van der Waals surface area contributed by atoms with E-state index < -0.39 is 11.7 Å². The number of amidine groups is 1. The quantitative estimate of drug-likeness (QED) is 0.837. The molecule has 1 aliphatic rings. The molecule has 0 saturated carbocycles. The molecule has 0 aromatic heterocycles. The van der Waals surface area contributed by atoms with Gasteiger partial charge in [0.05, 0.1) is 22.3 Å². The van der Waals surface area contributed by atoms with E-state index >= 15 is 0 Å². The van der Waals surface area contributed by atoms with Crippen molar-refractivity contribution >= 4 is 34.2 Å². The van der Waals surface area contributed by atoms with Crippen LogP contribution < -0.4 is 5.32 Å². The number of nitrogens with one attached hydrogen (secondary N) is 1. The Kier molecular flexibility index (Phi) is 4.54. The number of hydrogen-bond donors (Lipinski definition) is 1. The van der Waals surface area contributed by atoms with Gasteiger partial charge in [0.15, 0.2) is 5.17 Å². The molecule has 1 atom stereocenters. The molecule has 1 N–H and O–H groups in total. The number of alkyl halides is 3. The number of thioether (sulfide) groups is 1. The third kappa shape index (κ3) is 3.61. The van der Waals surface area contributed by atoms with E-state index in [-0.39, 0.29) is 11.1 Å². The van der Waals surface area contributed by atoms with Crippen LogP contribution in [0.4, 0.5) is 18.9 Å². The zero-order chi connectivity index (χ0) is 14.9. The number of anilines is 1. The van der Waals surface area contributed by atoms with Crippen molar-refractivity contribution in [3.8, 4) is 0 Å². The molecule has 7 heteroatoms. The first kappa shape index (κ1) is 15.5. The van der Waals surface area contributed by atoms with Gasteiger partial charge in [-0.25, -0.2) is 0 Å². The number of benzene rings is 1. The van der Waals surface area contributed by atoms with Gasteiger partial charge in [-0.3, -0.25) is 4.99 Å². The van der Waals surface area contributed by atoms with E-state index in [1.807, 2.05) is 0 Å². The number of halogens is 4. The van der Waals surface area contributed by atoms with Crippen molar-refractivity contribution in [2.75, 3.05) is 11.1 Å². The second-order valence-corrected chi connectivity index (χ2v) is 6.29. The van der Waals surface area contributed by atoms with E-state index in [0.717, 1.165) is 17.9 Å². The molecule has 1 aliphatic heterocycles. The standard InChI is InChI=1S/C13H14ClF3N2S/c1-7(2)11-6-20-12(19-11)18-10-4-3-8(5-9(10)14)13(15,16)17/h3-5,7,11H,6H2,1-2H3,(H,18,19). The minimum atomic E-state index is -4.38. The van der Waals surface area contributed by atoms with E-state index in [9.17, 15) is 13.2 Å². The maximum atomic E-state index is 12.5. The van der Waals surface area contributed by atoms with Crippen molar-refractivity contribution in [2.24, 2.45) is 10.9 Å². The maximum absolute atomic E-state index is 12.5. The number of hydrogen-bond acceptors (Lipinski definition) is 3. The summed E-state index contributed by atoms with van der Waals surface area (Å²) < 4.78 is 37.6. The molecule has 0 saturated heterocycles. The number of aliphatic imine (C=N–C) groups is 1. The second kappa shape index (κ2) is 5.85. The molecule has 2 nitrogen and oxygen atoms in total. The van der Waals surface area contributed by atoms with Crippen molar-refractivity contribution in [1.82, 2.24) is 0 Å². The summed E-state index contributed by atoms with van der Waals surface area (Å²) in [6.45, 7) is 4.17. The summed E-state index contributed by atoms with van der Waals surface area (Å²) in [6, 6.07) is 3.49. The minimum Gasteiger partial charge on any atom is -0.334 e. The van der Waals surface area contributed by atoms with Gasteiger partial charge in [-0.05, 0) is 24.1 Å². The van der Waals surface area contributed by atoms with Gasteiger partial charge in [-0.15, -0.1) is 0 Å². The highest BCUT2D eigenvalue weighted by atomic mass is 35.5. The van der Waals surface area contributed by atoms with Crippen LogP contribution in [0, 0.1) is 5.92 Å². The molecule has 0 amide bonds. The van der Waals surface area contributed by atoms with E-state index in [2.05, 4.69) is 24.2 Å². The monoisotopic (exact) mass is 322 g/mol. The highest BCUT2D eigenvalue weighted by Crippen LogP contribution is 2.34. The van der Waals surface area contributed by atoms with Crippen LogP contribution in [-0.4, -0.2) is 17.0 Å². The van der Waals surface area contributed by atoms with Gasteiger partial charge in [0, 0.05) is 5.75 Å². The van der Waals surface area contributed by atoms with E-state index in [1.54, 1.807) is 11.8 Å². The predicted octanol–water partition coefficient (Wildman–Crippen LogP) is 4.90. The fraction of sp³-hybridized carbons (Fsp3) is 0.462. The summed E-state index contributed by atoms with van der Waals surface area (Å²) in [5, 5.41) is 3.72. The Bertz CT molecular complexity index is 529. The molecule has 0 radical (unpaired) electrons. The molecule has 2 rings (SSSR count). The van der Waals surface area contributed by atoms with Crippen molar-refractivity contribution < 1.29 is 13.2 Å². The zero-order valence-electron chi connectivity index (χ0n) is 11.0. The number of nitrogens with zero attached hydrogens (tertiary/aromatic N) is 1. The third-order valence-corrected chi connectivity index (χ3v) is 4.28. The van der Waals surface area contributed by atoms with Gasteiger partial charge in [0.2, 0.25) is 0 Å². The average molecular weight is 323 g/mol. The van der Waals surface area contributed by atoms with Crippen LogP contribution in [0.2, 0.25) is 5.02 Å². The Hall–Kier alpha value is -0.880. The fourth-order valence-electron chi connectivity index (χ4n) is 1.71. The molecule has 1 unspecified atom stereocenters. The summed E-state index contributed by atoms with van der Waals surface area (Å²) in [6.07, 6.45) is -4.38. The second-order valence-electron chi connectivity index (χ2n) is 4.87.